The number of rotatable bonds is 9. The molecule has 1 saturated heterocycles. The third-order valence-electron chi connectivity index (χ3n) is 7.53. The molecule has 0 amide bonds. The van der Waals surface area contributed by atoms with Crippen molar-refractivity contribution in [3.05, 3.63) is 46.3 Å². The van der Waals surface area contributed by atoms with Gasteiger partial charge in [0.25, 0.3) is 0 Å². The number of benzene rings is 2. The van der Waals surface area contributed by atoms with E-state index < -0.39 is 5.82 Å². The van der Waals surface area contributed by atoms with Crippen LogP contribution in [0.2, 0.25) is 0 Å². The summed E-state index contributed by atoms with van der Waals surface area (Å²) in [4.78, 5) is 17.6. The summed E-state index contributed by atoms with van der Waals surface area (Å²) in [5.41, 5.74) is 2.84. The molecule has 2 aromatic carbocycles. The lowest BCUT2D eigenvalue weighted by atomic mass is 9.84. The molecule has 2 heterocycles. The monoisotopic (exact) mass is 541 g/mol. The maximum Gasteiger partial charge on any atom is 0.197 e. The summed E-state index contributed by atoms with van der Waals surface area (Å²) >= 11 is 0. The minimum absolute atomic E-state index is 0.0421. The molecule has 9 heteroatoms. The standard InChI is InChI=1S/C30H40FN3O5/c1-8-39-20-9-11-33(12-10-20)22-14-18(13-21(27(22)37-6)30(2,3)4)23(35)17-34-16-19-15-24(36-5)28(38-7)26(31)25(19)29(34)32/h13-15,20,32H,8-12,16-17H2,1-7H3. The number of carbonyl (C=O) groups excluding carboxylic acids is 1. The summed E-state index contributed by atoms with van der Waals surface area (Å²) in [6, 6.07) is 5.47. The first-order valence-electron chi connectivity index (χ1n) is 13.4. The quantitative estimate of drug-likeness (QED) is 0.438. The van der Waals surface area contributed by atoms with Gasteiger partial charge < -0.3 is 28.7 Å². The number of nitrogens with zero attached hydrogens (tertiary/aromatic N) is 2. The average Bonchev–Trinajstić information content (AvgIpc) is 3.22. The van der Waals surface area contributed by atoms with E-state index in [1.54, 1.807) is 18.1 Å². The van der Waals surface area contributed by atoms with Gasteiger partial charge in [-0.05, 0) is 48.9 Å². The van der Waals surface area contributed by atoms with Gasteiger partial charge >= 0.3 is 0 Å². The fourth-order valence-corrected chi connectivity index (χ4v) is 5.50. The summed E-state index contributed by atoms with van der Waals surface area (Å²) in [7, 11) is 4.47. The second-order valence-corrected chi connectivity index (χ2v) is 11.1. The van der Waals surface area contributed by atoms with Crippen LogP contribution < -0.4 is 19.1 Å². The zero-order valence-electron chi connectivity index (χ0n) is 24.1. The van der Waals surface area contributed by atoms with Gasteiger partial charge in [-0.3, -0.25) is 10.2 Å². The smallest absolute Gasteiger partial charge is 0.197 e. The number of amidine groups is 1. The van der Waals surface area contributed by atoms with Crippen molar-refractivity contribution in [1.82, 2.24) is 4.90 Å². The Bertz CT molecular complexity index is 1250. The SMILES string of the molecule is CCOC1CCN(c2cc(C(=O)CN3Cc4cc(OC)c(OC)c(F)c4C3=N)cc(C(C)(C)C)c2OC)CC1. The van der Waals surface area contributed by atoms with Crippen LogP contribution in [0.5, 0.6) is 17.2 Å². The second-order valence-electron chi connectivity index (χ2n) is 11.1. The molecule has 212 valence electrons. The number of carbonyl (C=O) groups is 1. The molecule has 0 aliphatic carbocycles. The lowest BCUT2D eigenvalue weighted by Crippen LogP contribution is -2.37. The zero-order chi connectivity index (χ0) is 28.5. The molecule has 39 heavy (non-hydrogen) atoms. The van der Waals surface area contributed by atoms with Crippen molar-refractivity contribution in [2.24, 2.45) is 0 Å². The molecule has 0 saturated carbocycles. The van der Waals surface area contributed by atoms with Crippen LogP contribution in [0, 0.1) is 11.2 Å². The molecule has 0 spiro atoms. The second kappa shape index (κ2) is 11.4. The number of piperidine rings is 1. The molecule has 4 rings (SSSR count). The van der Waals surface area contributed by atoms with Crippen molar-refractivity contribution in [2.45, 2.75) is 58.6 Å². The maximum atomic E-state index is 15.2. The topological polar surface area (TPSA) is 84.3 Å². The number of fused-ring (bicyclic) bond motifs is 1. The number of hydrogen-bond acceptors (Lipinski definition) is 7. The van der Waals surface area contributed by atoms with Crippen LogP contribution >= 0.6 is 0 Å². The minimum Gasteiger partial charge on any atom is -0.494 e. The molecule has 0 aromatic heterocycles. The highest BCUT2D eigenvalue weighted by atomic mass is 19.1. The van der Waals surface area contributed by atoms with E-state index in [0.717, 1.165) is 42.9 Å². The van der Waals surface area contributed by atoms with Crippen molar-refractivity contribution in [1.29, 1.82) is 5.41 Å². The molecular formula is C30H40FN3O5. The fourth-order valence-electron chi connectivity index (χ4n) is 5.50. The summed E-state index contributed by atoms with van der Waals surface area (Å²) in [6.07, 6.45) is 2.05. The van der Waals surface area contributed by atoms with Gasteiger partial charge in [-0.15, -0.1) is 0 Å². The fraction of sp³-hybridized carbons (Fsp3) is 0.533. The Morgan fingerprint density at radius 3 is 2.28 bits per heavy atom. The van der Waals surface area contributed by atoms with Gasteiger partial charge in [-0.2, -0.15) is 0 Å². The number of methoxy groups -OCH3 is 3. The molecule has 0 radical (unpaired) electrons. The molecule has 0 bridgehead atoms. The Morgan fingerprint density at radius 2 is 1.72 bits per heavy atom. The molecule has 2 aliphatic heterocycles. The van der Waals surface area contributed by atoms with Crippen molar-refractivity contribution in [3.8, 4) is 17.2 Å². The molecule has 2 aromatic rings. The summed E-state index contributed by atoms with van der Waals surface area (Å²) in [5.74, 6) is 0.153. The van der Waals surface area contributed by atoms with Crippen LogP contribution in [0.3, 0.4) is 0 Å². The maximum absolute atomic E-state index is 15.2. The molecule has 2 aliphatic rings. The number of Topliss-reactive ketones (excluding diaryl/α,β-unsaturated/α-hetero) is 1. The first-order chi connectivity index (χ1) is 18.5. The lowest BCUT2D eigenvalue weighted by Gasteiger charge is -2.36. The van der Waals surface area contributed by atoms with Crippen molar-refractivity contribution in [3.63, 3.8) is 0 Å². The Balaban J connectivity index is 1.65. The highest BCUT2D eigenvalue weighted by molar-refractivity contribution is 6.06. The van der Waals surface area contributed by atoms with Crippen molar-refractivity contribution in [2.75, 3.05) is 52.5 Å². The predicted octanol–water partition coefficient (Wildman–Crippen LogP) is 5.18. The van der Waals surface area contributed by atoms with Gasteiger partial charge in [0, 0.05) is 37.4 Å². The van der Waals surface area contributed by atoms with Crippen molar-refractivity contribution < 1.29 is 28.1 Å². The average molecular weight is 542 g/mol. The first-order valence-corrected chi connectivity index (χ1v) is 13.4. The van der Waals surface area contributed by atoms with Gasteiger partial charge in [0.2, 0.25) is 0 Å². The van der Waals surface area contributed by atoms with E-state index in [0.29, 0.717) is 17.7 Å². The van der Waals surface area contributed by atoms with E-state index in [-0.39, 0.29) is 53.3 Å². The summed E-state index contributed by atoms with van der Waals surface area (Å²) < 4.78 is 37.4. The molecule has 1 N–H and O–H groups in total. The molecule has 1 fully saturated rings. The van der Waals surface area contributed by atoms with Gasteiger partial charge in [-0.1, -0.05) is 20.8 Å². The summed E-state index contributed by atoms with van der Waals surface area (Å²) in [5, 5.41) is 8.64. The van der Waals surface area contributed by atoms with Gasteiger partial charge in [0.15, 0.2) is 23.1 Å². The van der Waals surface area contributed by atoms with E-state index in [9.17, 15) is 4.79 Å². The lowest BCUT2D eigenvalue weighted by molar-refractivity contribution is 0.0458. The Labute approximate surface area is 230 Å². The number of ketones is 1. The van der Waals surface area contributed by atoms with Gasteiger partial charge in [-0.25, -0.2) is 4.39 Å². The van der Waals surface area contributed by atoms with Crippen LogP contribution in [0.15, 0.2) is 18.2 Å². The van der Waals surface area contributed by atoms with E-state index in [1.165, 1.54) is 14.2 Å². The zero-order valence-corrected chi connectivity index (χ0v) is 24.1. The molecular weight excluding hydrogens is 501 g/mol. The van der Waals surface area contributed by atoms with E-state index >= 15 is 4.39 Å². The number of ether oxygens (including phenoxy) is 4. The summed E-state index contributed by atoms with van der Waals surface area (Å²) in [6.45, 7) is 10.8. The van der Waals surface area contributed by atoms with Crippen LogP contribution in [-0.4, -0.2) is 70.2 Å². The van der Waals surface area contributed by atoms with Crippen LogP contribution in [0.4, 0.5) is 10.1 Å². The van der Waals surface area contributed by atoms with E-state index in [4.69, 9.17) is 24.4 Å². The van der Waals surface area contributed by atoms with E-state index in [1.807, 2.05) is 19.1 Å². The third kappa shape index (κ3) is 5.55. The van der Waals surface area contributed by atoms with Crippen molar-refractivity contribution >= 4 is 17.3 Å². The van der Waals surface area contributed by atoms with Crippen LogP contribution in [0.25, 0.3) is 0 Å². The van der Waals surface area contributed by atoms with Gasteiger partial charge in [0.05, 0.1) is 45.2 Å². The largest absolute Gasteiger partial charge is 0.494 e. The third-order valence-corrected chi connectivity index (χ3v) is 7.53. The van der Waals surface area contributed by atoms with Crippen LogP contribution in [0.1, 0.15) is 67.6 Å². The molecule has 0 atom stereocenters. The Hall–Kier alpha value is -3.33. The molecule has 8 nitrogen and oxygen atoms in total. The predicted molar refractivity (Wildman–Crippen MR) is 150 cm³/mol. The Morgan fingerprint density at radius 1 is 1.05 bits per heavy atom. The number of anilines is 1. The number of halogens is 1. The highest BCUT2D eigenvalue weighted by Gasteiger charge is 2.34. The minimum atomic E-state index is -0.649. The number of nitrogens with one attached hydrogen (secondary N) is 1. The first kappa shape index (κ1) is 28.7. The van der Waals surface area contributed by atoms with Crippen LogP contribution in [-0.2, 0) is 16.7 Å². The Kier molecular flexibility index (Phi) is 8.39. The molecule has 0 unspecified atom stereocenters. The van der Waals surface area contributed by atoms with E-state index in [2.05, 4.69) is 25.7 Å². The van der Waals surface area contributed by atoms with Gasteiger partial charge in [0.1, 0.15) is 11.6 Å². The normalized spacial score (nSPS) is 15.9. The number of hydrogen-bond donors (Lipinski definition) is 1. The highest BCUT2D eigenvalue weighted by Crippen LogP contribution is 2.42.